The normalized spacial score (nSPS) is 15.0. The Morgan fingerprint density at radius 1 is 0.958 bits per heavy atom. The van der Waals surface area contributed by atoms with Gasteiger partial charge in [-0.1, -0.05) is 38.1 Å². The zero-order chi connectivity index (χ0) is 18.8. The van der Waals surface area contributed by atoms with Crippen LogP contribution in [0.1, 0.15) is 37.5 Å². The molecular formula is C16H19F7O. The van der Waals surface area contributed by atoms with Gasteiger partial charge in [-0.05, 0) is 23.5 Å². The van der Waals surface area contributed by atoms with Crippen LogP contribution in [-0.2, 0) is 11.2 Å². The van der Waals surface area contributed by atoms with Crippen molar-refractivity contribution in [2.45, 2.75) is 50.8 Å². The maximum atomic E-state index is 13.9. The van der Waals surface area contributed by atoms with Crippen LogP contribution >= 0.6 is 0 Å². The molecule has 0 spiro atoms. The van der Waals surface area contributed by atoms with E-state index in [4.69, 9.17) is 4.74 Å². The zero-order valence-electron chi connectivity index (χ0n) is 13.4. The Labute approximate surface area is 135 Å². The summed E-state index contributed by atoms with van der Waals surface area (Å²) in [5, 5.41) is 0. The van der Waals surface area contributed by atoms with Crippen LogP contribution in [0.4, 0.5) is 30.7 Å². The molecular weight excluding hydrogens is 341 g/mol. The highest BCUT2D eigenvalue weighted by atomic mass is 19.4. The van der Waals surface area contributed by atoms with Crippen molar-refractivity contribution in [3.8, 4) is 0 Å². The fourth-order valence-corrected chi connectivity index (χ4v) is 2.38. The summed E-state index contributed by atoms with van der Waals surface area (Å²) in [6, 6.07) is 5.97. The number of benzene rings is 1. The van der Waals surface area contributed by atoms with Gasteiger partial charge < -0.3 is 4.74 Å². The molecule has 1 atom stereocenters. The molecule has 138 valence electrons. The van der Waals surface area contributed by atoms with Gasteiger partial charge in [0.15, 0.2) is 0 Å². The van der Waals surface area contributed by atoms with Crippen molar-refractivity contribution >= 4 is 0 Å². The molecule has 1 unspecified atom stereocenters. The van der Waals surface area contributed by atoms with Gasteiger partial charge in [0.2, 0.25) is 0 Å². The first-order chi connectivity index (χ1) is 10.8. The maximum Gasteiger partial charge on any atom is 0.431 e. The minimum absolute atomic E-state index is 0.0752. The lowest BCUT2D eigenvalue weighted by molar-refractivity contribution is -0.348. The van der Waals surface area contributed by atoms with E-state index in [-0.39, 0.29) is 11.5 Å². The SMILES string of the molecule is COC(CC(F)(C(F)(F)F)C(F)(F)F)c1cccc(CC(C)C)c1. The summed E-state index contributed by atoms with van der Waals surface area (Å²) in [4.78, 5) is 0. The maximum absolute atomic E-state index is 13.9. The summed E-state index contributed by atoms with van der Waals surface area (Å²) < 4.78 is 94.9. The Morgan fingerprint density at radius 3 is 1.92 bits per heavy atom. The van der Waals surface area contributed by atoms with Crippen molar-refractivity contribution in [3.63, 3.8) is 0 Å². The van der Waals surface area contributed by atoms with Crippen molar-refractivity contribution in [2.75, 3.05) is 7.11 Å². The van der Waals surface area contributed by atoms with Crippen LogP contribution in [-0.4, -0.2) is 25.1 Å². The van der Waals surface area contributed by atoms with E-state index in [0.717, 1.165) is 12.7 Å². The Hall–Kier alpha value is -1.31. The van der Waals surface area contributed by atoms with Crippen molar-refractivity contribution < 1.29 is 35.5 Å². The van der Waals surface area contributed by atoms with Gasteiger partial charge in [-0.3, -0.25) is 0 Å². The fourth-order valence-electron chi connectivity index (χ4n) is 2.38. The highest BCUT2D eigenvalue weighted by Crippen LogP contribution is 2.51. The largest absolute Gasteiger partial charge is 0.431 e. The molecule has 0 aliphatic carbocycles. The van der Waals surface area contributed by atoms with Crippen molar-refractivity contribution in [2.24, 2.45) is 5.92 Å². The molecule has 0 N–H and O–H groups in total. The Bertz CT molecular complexity index is 520. The molecule has 0 aliphatic rings. The Morgan fingerprint density at radius 2 is 1.50 bits per heavy atom. The number of hydrogen-bond acceptors (Lipinski definition) is 1. The molecule has 0 heterocycles. The van der Waals surface area contributed by atoms with Crippen LogP contribution in [0.5, 0.6) is 0 Å². The lowest BCUT2D eigenvalue weighted by Gasteiger charge is -2.32. The van der Waals surface area contributed by atoms with Gasteiger partial charge in [0.1, 0.15) is 0 Å². The van der Waals surface area contributed by atoms with E-state index in [2.05, 4.69) is 0 Å². The van der Waals surface area contributed by atoms with Gasteiger partial charge in [-0.2, -0.15) is 26.3 Å². The van der Waals surface area contributed by atoms with E-state index >= 15 is 0 Å². The number of ether oxygens (including phenoxy) is 1. The smallest absolute Gasteiger partial charge is 0.377 e. The zero-order valence-corrected chi connectivity index (χ0v) is 13.4. The number of rotatable bonds is 6. The molecule has 0 amide bonds. The molecule has 8 heteroatoms. The number of methoxy groups -OCH3 is 1. The van der Waals surface area contributed by atoms with Crippen LogP contribution in [0.2, 0.25) is 0 Å². The molecule has 24 heavy (non-hydrogen) atoms. The van der Waals surface area contributed by atoms with Crippen molar-refractivity contribution in [3.05, 3.63) is 35.4 Å². The number of hydrogen-bond donors (Lipinski definition) is 0. The lowest BCUT2D eigenvalue weighted by atomic mass is 9.91. The predicted molar refractivity (Wildman–Crippen MR) is 75.3 cm³/mol. The van der Waals surface area contributed by atoms with Crippen LogP contribution < -0.4 is 0 Å². The minimum Gasteiger partial charge on any atom is -0.377 e. The third kappa shape index (κ3) is 4.62. The highest BCUT2D eigenvalue weighted by Gasteiger charge is 2.72. The Balaban J connectivity index is 3.17. The third-order valence-corrected chi connectivity index (χ3v) is 3.62. The molecule has 1 nitrogen and oxygen atoms in total. The lowest BCUT2D eigenvalue weighted by Crippen LogP contribution is -2.54. The van der Waals surface area contributed by atoms with E-state index in [1.54, 1.807) is 6.07 Å². The van der Waals surface area contributed by atoms with E-state index < -0.39 is 30.5 Å². The second-order valence-corrected chi connectivity index (χ2v) is 6.07. The summed E-state index contributed by atoms with van der Waals surface area (Å²) in [6.07, 6.45) is -15.1. The first kappa shape index (κ1) is 20.7. The van der Waals surface area contributed by atoms with Gasteiger partial charge in [0, 0.05) is 13.5 Å². The van der Waals surface area contributed by atoms with E-state index in [1.165, 1.54) is 18.2 Å². The minimum atomic E-state index is -6.09. The third-order valence-electron chi connectivity index (χ3n) is 3.62. The number of alkyl halides is 7. The van der Waals surface area contributed by atoms with Crippen LogP contribution in [0.25, 0.3) is 0 Å². The topological polar surface area (TPSA) is 9.23 Å². The molecule has 0 saturated heterocycles. The molecule has 0 radical (unpaired) electrons. The van der Waals surface area contributed by atoms with Crippen LogP contribution in [0.15, 0.2) is 24.3 Å². The van der Waals surface area contributed by atoms with E-state index in [0.29, 0.717) is 6.42 Å². The highest BCUT2D eigenvalue weighted by molar-refractivity contribution is 5.26. The molecule has 1 aromatic carbocycles. The summed E-state index contributed by atoms with van der Waals surface area (Å²) in [7, 11) is 0.951. The summed E-state index contributed by atoms with van der Waals surface area (Å²) in [5.74, 6) is 0.242. The van der Waals surface area contributed by atoms with Gasteiger partial charge in [0.25, 0.3) is 0 Å². The standard InChI is InChI=1S/C16H19F7O/c1-10(2)7-11-5-4-6-12(8-11)13(24-3)9-14(17,15(18,19)20)16(21,22)23/h4-6,8,10,13H,7,9H2,1-3H3. The van der Waals surface area contributed by atoms with Gasteiger partial charge in [-0.15, -0.1) is 0 Å². The second-order valence-electron chi connectivity index (χ2n) is 6.07. The van der Waals surface area contributed by atoms with Gasteiger partial charge in [-0.25, -0.2) is 4.39 Å². The quantitative estimate of drug-likeness (QED) is 0.583. The summed E-state index contributed by atoms with van der Waals surface area (Å²) >= 11 is 0. The van der Waals surface area contributed by atoms with Crippen LogP contribution in [0.3, 0.4) is 0 Å². The van der Waals surface area contributed by atoms with Crippen molar-refractivity contribution in [1.82, 2.24) is 0 Å². The van der Waals surface area contributed by atoms with E-state index in [1.807, 2.05) is 13.8 Å². The molecule has 0 aliphatic heterocycles. The Kier molecular flexibility index (Phi) is 6.30. The molecule has 1 rings (SSSR count). The first-order valence-corrected chi connectivity index (χ1v) is 7.26. The molecule has 0 aromatic heterocycles. The first-order valence-electron chi connectivity index (χ1n) is 7.26. The van der Waals surface area contributed by atoms with E-state index in [9.17, 15) is 30.7 Å². The predicted octanol–water partition coefficient (Wildman–Crippen LogP) is 5.80. The van der Waals surface area contributed by atoms with Crippen LogP contribution in [0, 0.1) is 5.92 Å². The summed E-state index contributed by atoms with van der Waals surface area (Å²) in [5.41, 5.74) is -4.53. The second kappa shape index (κ2) is 7.29. The van der Waals surface area contributed by atoms with Gasteiger partial charge in [0.05, 0.1) is 6.10 Å². The molecule has 0 fully saturated rings. The molecule has 0 saturated carbocycles. The molecule has 0 bridgehead atoms. The van der Waals surface area contributed by atoms with Gasteiger partial charge >= 0.3 is 18.0 Å². The van der Waals surface area contributed by atoms with Crippen molar-refractivity contribution in [1.29, 1.82) is 0 Å². The average molecular weight is 360 g/mol. The summed E-state index contributed by atoms with van der Waals surface area (Å²) in [6.45, 7) is 3.83. The molecule has 1 aromatic rings. The average Bonchev–Trinajstić information content (AvgIpc) is 2.41. The fraction of sp³-hybridized carbons (Fsp3) is 0.625. The monoisotopic (exact) mass is 360 g/mol. The number of halogens is 7.